The summed E-state index contributed by atoms with van der Waals surface area (Å²) in [5.74, 6) is 2.83. The van der Waals surface area contributed by atoms with Crippen LogP contribution in [0.1, 0.15) is 11.1 Å². The molecule has 27 heavy (non-hydrogen) atoms. The lowest BCUT2D eigenvalue weighted by molar-refractivity contribution is -0.136. The largest absolute Gasteiger partial charge is 0.493 e. The Morgan fingerprint density at radius 1 is 1.30 bits per heavy atom. The van der Waals surface area contributed by atoms with E-state index in [-0.39, 0.29) is 13.2 Å². The van der Waals surface area contributed by atoms with Crippen LogP contribution in [0.4, 0.5) is 0 Å². The third kappa shape index (κ3) is 6.35. The first kappa shape index (κ1) is 21.4. The summed E-state index contributed by atoms with van der Waals surface area (Å²) in [6.45, 7) is 0.194. The van der Waals surface area contributed by atoms with E-state index in [1.54, 1.807) is 31.4 Å². The number of esters is 1. The third-order valence-electron chi connectivity index (χ3n) is 3.35. The Kier molecular flexibility index (Phi) is 8.29. The molecule has 2 aromatic rings. The quantitative estimate of drug-likeness (QED) is 0.215. The summed E-state index contributed by atoms with van der Waals surface area (Å²) in [7, 11) is 1.54. The zero-order valence-electron chi connectivity index (χ0n) is 14.3. The molecule has 0 aromatic heterocycles. The number of hydrogen-bond donors (Lipinski definition) is 0. The molecule has 0 aliphatic heterocycles. The van der Waals surface area contributed by atoms with E-state index >= 15 is 0 Å². The van der Waals surface area contributed by atoms with E-state index in [1.807, 2.05) is 12.1 Å². The number of carbonyl (C=O) groups excluding carboxylic acids is 1. The first-order chi connectivity index (χ1) is 12.9. The number of rotatable bonds is 7. The van der Waals surface area contributed by atoms with E-state index in [4.69, 9.17) is 43.8 Å². The van der Waals surface area contributed by atoms with Crippen LogP contribution in [-0.4, -0.2) is 19.7 Å². The molecular formula is C20H15Cl2IO4. The maximum Gasteiger partial charge on any atom is 0.331 e. The fourth-order valence-corrected chi connectivity index (χ4v) is 3.33. The number of ether oxygens (including phenoxy) is 3. The van der Waals surface area contributed by atoms with Gasteiger partial charge in [-0.1, -0.05) is 35.2 Å². The van der Waals surface area contributed by atoms with Crippen molar-refractivity contribution in [3.05, 3.63) is 61.2 Å². The number of methoxy groups -OCH3 is 1. The molecule has 2 aromatic carbocycles. The summed E-state index contributed by atoms with van der Waals surface area (Å²) in [5, 5.41) is 1.09. The Morgan fingerprint density at radius 2 is 2.07 bits per heavy atom. The van der Waals surface area contributed by atoms with Crippen LogP contribution in [0.25, 0.3) is 6.08 Å². The SMILES string of the molecule is C#CCOC(=O)/C=C/c1cc(I)c(OCc2ccc(Cl)cc2Cl)c(OC)c1. The van der Waals surface area contributed by atoms with Crippen LogP contribution in [0.15, 0.2) is 36.4 Å². The molecule has 140 valence electrons. The van der Waals surface area contributed by atoms with Crippen LogP contribution in [0, 0.1) is 15.9 Å². The number of halogens is 3. The Morgan fingerprint density at radius 3 is 2.74 bits per heavy atom. The van der Waals surface area contributed by atoms with Crippen molar-refractivity contribution < 1.29 is 19.0 Å². The molecule has 2 rings (SSSR count). The molecule has 0 unspecified atom stereocenters. The molecule has 0 radical (unpaired) electrons. The van der Waals surface area contributed by atoms with Crippen LogP contribution >= 0.6 is 45.8 Å². The van der Waals surface area contributed by atoms with Crippen molar-refractivity contribution in [1.82, 2.24) is 0 Å². The van der Waals surface area contributed by atoms with Crippen LogP contribution in [0.5, 0.6) is 11.5 Å². The minimum Gasteiger partial charge on any atom is -0.493 e. The molecule has 0 atom stereocenters. The van der Waals surface area contributed by atoms with Gasteiger partial charge in [-0.05, 0) is 58.5 Å². The van der Waals surface area contributed by atoms with E-state index in [0.29, 0.717) is 21.5 Å². The topological polar surface area (TPSA) is 44.8 Å². The lowest BCUT2D eigenvalue weighted by Gasteiger charge is -2.14. The predicted molar refractivity (Wildman–Crippen MR) is 115 cm³/mol. The Balaban J connectivity index is 2.17. The van der Waals surface area contributed by atoms with Crippen LogP contribution in [0.3, 0.4) is 0 Å². The summed E-state index contributed by atoms with van der Waals surface area (Å²) in [5.41, 5.74) is 1.56. The molecule has 7 heteroatoms. The van der Waals surface area contributed by atoms with Gasteiger partial charge < -0.3 is 14.2 Å². The second-order valence-corrected chi connectivity index (χ2v) is 7.21. The molecule has 4 nitrogen and oxygen atoms in total. The van der Waals surface area contributed by atoms with Gasteiger partial charge in [-0.15, -0.1) is 6.42 Å². The Labute approximate surface area is 181 Å². The van der Waals surface area contributed by atoms with Gasteiger partial charge in [0.1, 0.15) is 6.61 Å². The summed E-state index contributed by atoms with van der Waals surface area (Å²) < 4.78 is 16.9. The third-order valence-corrected chi connectivity index (χ3v) is 4.74. The molecule has 0 spiro atoms. The molecule has 0 aliphatic rings. The smallest absolute Gasteiger partial charge is 0.331 e. The molecule has 0 saturated carbocycles. The molecule has 0 bridgehead atoms. The van der Waals surface area contributed by atoms with Crippen molar-refractivity contribution >= 4 is 57.8 Å². The van der Waals surface area contributed by atoms with Gasteiger partial charge in [0.25, 0.3) is 0 Å². The summed E-state index contributed by atoms with van der Waals surface area (Å²) in [6, 6.07) is 8.83. The Bertz CT molecular complexity index is 904. The van der Waals surface area contributed by atoms with Crippen LogP contribution < -0.4 is 9.47 Å². The van der Waals surface area contributed by atoms with Crippen molar-refractivity contribution in [2.45, 2.75) is 6.61 Å². The second kappa shape index (κ2) is 10.5. The van der Waals surface area contributed by atoms with Crippen LogP contribution in [0.2, 0.25) is 10.0 Å². The van der Waals surface area contributed by atoms with Crippen molar-refractivity contribution in [2.24, 2.45) is 0 Å². The lowest BCUT2D eigenvalue weighted by atomic mass is 10.2. The number of hydrogen-bond acceptors (Lipinski definition) is 4. The van der Waals surface area contributed by atoms with Gasteiger partial charge in [-0.3, -0.25) is 0 Å². The van der Waals surface area contributed by atoms with Crippen molar-refractivity contribution in [3.63, 3.8) is 0 Å². The normalized spacial score (nSPS) is 10.5. The fourth-order valence-electron chi connectivity index (χ4n) is 2.09. The standard InChI is InChI=1S/C20H15Cl2IO4/c1-3-8-26-19(24)7-4-13-9-17(23)20(18(10-13)25-2)27-12-14-5-6-15(21)11-16(14)22/h1,4-7,9-11H,8,12H2,2H3/b7-4+. The van der Waals surface area contributed by atoms with E-state index in [1.165, 1.54) is 6.08 Å². The lowest BCUT2D eigenvalue weighted by Crippen LogP contribution is -2.01. The summed E-state index contributed by atoms with van der Waals surface area (Å²) >= 11 is 14.2. The van der Waals surface area contributed by atoms with Gasteiger partial charge >= 0.3 is 5.97 Å². The van der Waals surface area contributed by atoms with E-state index in [0.717, 1.165) is 14.7 Å². The van der Waals surface area contributed by atoms with Crippen molar-refractivity contribution in [2.75, 3.05) is 13.7 Å². The van der Waals surface area contributed by atoms with Crippen molar-refractivity contribution in [1.29, 1.82) is 0 Å². The molecule has 0 heterocycles. The molecule has 0 N–H and O–H groups in total. The zero-order chi connectivity index (χ0) is 19.8. The zero-order valence-corrected chi connectivity index (χ0v) is 18.0. The van der Waals surface area contributed by atoms with Crippen molar-refractivity contribution in [3.8, 4) is 23.8 Å². The maximum absolute atomic E-state index is 11.5. The summed E-state index contributed by atoms with van der Waals surface area (Å²) in [6.07, 6.45) is 7.96. The fraction of sp³-hybridized carbons (Fsp3) is 0.150. The molecule has 0 saturated heterocycles. The van der Waals surface area contributed by atoms with E-state index < -0.39 is 5.97 Å². The van der Waals surface area contributed by atoms with Gasteiger partial charge in [-0.25, -0.2) is 4.79 Å². The second-order valence-electron chi connectivity index (χ2n) is 5.20. The first-order valence-electron chi connectivity index (χ1n) is 7.67. The highest BCUT2D eigenvalue weighted by atomic mass is 127. The van der Waals surface area contributed by atoms with E-state index in [9.17, 15) is 4.79 Å². The average molecular weight is 517 g/mol. The van der Waals surface area contributed by atoms with Gasteiger partial charge in [0, 0.05) is 21.7 Å². The van der Waals surface area contributed by atoms with Gasteiger partial charge in [0.2, 0.25) is 0 Å². The first-order valence-corrected chi connectivity index (χ1v) is 9.50. The van der Waals surface area contributed by atoms with Gasteiger partial charge in [0.15, 0.2) is 18.1 Å². The predicted octanol–water partition coefficient (Wildman–Crippen LogP) is 5.38. The molecule has 0 fully saturated rings. The Hall–Kier alpha value is -1.88. The van der Waals surface area contributed by atoms with Crippen LogP contribution in [-0.2, 0) is 16.1 Å². The molecule has 0 amide bonds. The maximum atomic E-state index is 11.5. The minimum atomic E-state index is -0.514. The monoisotopic (exact) mass is 516 g/mol. The van der Waals surface area contributed by atoms with Gasteiger partial charge in [0.05, 0.1) is 10.7 Å². The molecule has 0 aliphatic carbocycles. The number of carbonyl (C=O) groups is 1. The number of terminal acetylenes is 1. The summed E-state index contributed by atoms with van der Waals surface area (Å²) in [4.78, 5) is 11.5. The highest BCUT2D eigenvalue weighted by molar-refractivity contribution is 14.1. The highest BCUT2D eigenvalue weighted by Crippen LogP contribution is 2.35. The number of benzene rings is 2. The minimum absolute atomic E-state index is 0.0654. The highest BCUT2D eigenvalue weighted by Gasteiger charge is 2.12. The van der Waals surface area contributed by atoms with E-state index in [2.05, 4.69) is 28.5 Å². The van der Waals surface area contributed by atoms with Gasteiger partial charge in [-0.2, -0.15) is 0 Å². The molecular weight excluding hydrogens is 502 g/mol. The average Bonchev–Trinajstić information content (AvgIpc) is 2.64.